The summed E-state index contributed by atoms with van der Waals surface area (Å²) in [5.74, 6) is 0.623. The minimum Gasteiger partial charge on any atom is -0.493 e. The summed E-state index contributed by atoms with van der Waals surface area (Å²) in [5, 5.41) is 12.2. The second kappa shape index (κ2) is 8.93. The van der Waals surface area contributed by atoms with Crippen LogP contribution in [-0.2, 0) is 4.79 Å². The number of amides is 1. The van der Waals surface area contributed by atoms with Crippen LogP contribution in [0.4, 0.5) is 0 Å². The van der Waals surface area contributed by atoms with Gasteiger partial charge in [-0.05, 0) is 24.6 Å². The molecule has 1 aromatic carbocycles. The first-order chi connectivity index (χ1) is 9.11. The molecule has 106 valence electrons. The quantitative estimate of drug-likeness (QED) is 0.770. The van der Waals surface area contributed by atoms with Gasteiger partial charge in [0, 0.05) is 11.0 Å². The molecule has 0 bridgehead atoms. The van der Waals surface area contributed by atoms with Gasteiger partial charge in [0.2, 0.25) is 5.91 Å². The van der Waals surface area contributed by atoms with Gasteiger partial charge in [0.15, 0.2) is 0 Å². The SMILES string of the molecule is CCCC(O)CNC(=O)CCOc1cccc(Br)c1. The molecule has 0 aliphatic heterocycles. The summed E-state index contributed by atoms with van der Waals surface area (Å²) in [6.45, 7) is 2.63. The molecule has 0 aliphatic carbocycles. The van der Waals surface area contributed by atoms with Gasteiger partial charge in [0.05, 0.1) is 19.1 Å². The highest BCUT2D eigenvalue weighted by Crippen LogP contribution is 2.17. The number of aliphatic hydroxyl groups is 1. The molecule has 19 heavy (non-hydrogen) atoms. The molecular weight excluding hydrogens is 310 g/mol. The van der Waals surface area contributed by atoms with Crippen LogP contribution in [0, 0.1) is 0 Å². The third-order valence-electron chi connectivity index (χ3n) is 2.55. The zero-order valence-corrected chi connectivity index (χ0v) is 12.6. The largest absolute Gasteiger partial charge is 0.493 e. The highest BCUT2D eigenvalue weighted by Gasteiger charge is 2.06. The normalized spacial score (nSPS) is 11.9. The summed E-state index contributed by atoms with van der Waals surface area (Å²) < 4.78 is 6.40. The van der Waals surface area contributed by atoms with Crippen LogP contribution in [0.1, 0.15) is 26.2 Å². The Kier molecular flexibility index (Phi) is 7.52. The van der Waals surface area contributed by atoms with E-state index in [-0.39, 0.29) is 12.3 Å². The van der Waals surface area contributed by atoms with Crippen LogP contribution in [0.2, 0.25) is 0 Å². The number of nitrogens with one attached hydrogen (secondary N) is 1. The molecule has 2 N–H and O–H groups in total. The zero-order chi connectivity index (χ0) is 14.1. The predicted octanol–water partition coefficient (Wildman–Crippen LogP) is 2.50. The summed E-state index contributed by atoms with van der Waals surface area (Å²) in [6, 6.07) is 7.48. The lowest BCUT2D eigenvalue weighted by atomic mass is 10.2. The lowest BCUT2D eigenvalue weighted by Crippen LogP contribution is -2.32. The molecule has 1 unspecified atom stereocenters. The Morgan fingerprint density at radius 1 is 1.53 bits per heavy atom. The highest BCUT2D eigenvalue weighted by molar-refractivity contribution is 9.10. The lowest BCUT2D eigenvalue weighted by molar-refractivity contribution is -0.122. The van der Waals surface area contributed by atoms with Crippen molar-refractivity contribution in [2.75, 3.05) is 13.2 Å². The molecule has 0 aliphatic rings. The number of rotatable bonds is 8. The number of ether oxygens (including phenoxy) is 1. The molecule has 0 heterocycles. The van der Waals surface area contributed by atoms with Gasteiger partial charge in [-0.3, -0.25) is 4.79 Å². The molecule has 0 saturated heterocycles. The molecule has 5 heteroatoms. The first-order valence-electron chi connectivity index (χ1n) is 6.45. The Bertz CT molecular complexity index is 398. The van der Waals surface area contributed by atoms with E-state index >= 15 is 0 Å². The average molecular weight is 330 g/mol. The fourth-order valence-corrected chi connectivity index (χ4v) is 1.95. The van der Waals surface area contributed by atoms with Crippen LogP contribution in [0.15, 0.2) is 28.7 Å². The fourth-order valence-electron chi connectivity index (χ4n) is 1.57. The van der Waals surface area contributed by atoms with Gasteiger partial charge >= 0.3 is 0 Å². The molecular formula is C14H20BrNO3. The van der Waals surface area contributed by atoms with E-state index in [2.05, 4.69) is 21.2 Å². The summed E-state index contributed by atoms with van der Waals surface area (Å²) in [5.41, 5.74) is 0. The zero-order valence-electron chi connectivity index (χ0n) is 11.1. The summed E-state index contributed by atoms with van der Waals surface area (Å²) in [4.78, 5) is 11.5. The van der Waals surface area contributed by atoms with Crippen molar-refractivity contribution in [3.63, 3.8) is 0 Å². The van der Waals surface area contributed by atoms with Crippen LogP contribution >= 0.6 is 15.9 Å². The molecule has 0 spiro atoms. The standard InChI is InChI=1S/C14H20BrNO3/c1-2-4-12(17)10-16-14(18)7-8-19-13-6-3-5-11(15)9-13/h3,5-6,9,12,17H,2,4,7-8,10H2,1H3,(H,16,18). The Labute approximate surface area is 122 Å². The highest BCUT2D eigenvalue weighted by atomic mass is 79.9. The Hall–Kier alpha value is -1.07. The third-order valence-corrected chi connectivity index (χ3v) is 3.04. The van der Waals surface area contributed by atoms with E-state index in [0.717, 1.165) is 16.6 Å². The molecule has 0 radical (unpaired) electrons. The Morgan fingerprint density at radius 2 is 2.32 bits per heavy atom. The van der Waals surface area contributed by atoms with Crippen LogP contribution < -0.4 is 10.1 Å². The van der Waals surface area contributed by atoms with Crippen LogP contribution in [0.25, 0.3) is 0 Å². The lowest BCUT2D eigenvalue weighted by Gasteiger charge is -2.11. The van der Waals surface area contributed by atoms with Crippen molar-refractivity contribution in [1.29, 1.82) is 0 Å². The van der Waals surface area contributed by atoms with Gasteiger partial charge in [0.1, 0.15) is 5.75 Å². The van der Waals surface area contributed by atoms with Crippen LogP contribution in [-0.4, -0.2) is 30.3 Å². The van der Waals surface area contributed by atoms with E-state index in [9.17, 15) is 9.90 Å². The third kappa shape index (κ3) is 7.18. The van der Waals surface area contributed by atoms with Crippen LogP contribution in [0.5, 0.6) is 5.75 Å². The molecule has 1 amide bonds. The number of halogens is 1. The van der Waals surface area contributed by atoms with Crippen molar-refractivity contribution in [1.82, 2.24) is 5.32 Å². The number of hydrogen-bond donors (Lipinski definition) is 2. The summed E-state index contributed by atoms with van der Waals surface area (Å²) >= 11 is 3.35. The fraction of sp³-hybridized carbons (Fsp3) is 0.500. The van der Waals surface area contributed by atoms with E-state index in [1.807, 2.05) is 31.2 Å². The van der Waals surface area contributed by atoms with Gasteiger partial charge in [-0.15, -0.1) is 0 Å². The van der Waals surface area contributed by atoms with E-state index in [0.29, 0.717) is 19.6 Å². The van der Waals surface area contributed by atoms with Gasteiger partial charge in [-0.2, -0.15) is 0 Å². The van der Waals surface area contributed by atoms with Crippen molar-refractivity contribution in [3.05, 3.63) is 28.7 Å². The second-order valence-corrected chi connectivity index (χ2v) is 5.22. The van der Waals surface area contributed by atoms with E-state index in [1.165, 1.54) is 0 Å². The average Bonchev–Trinajstić information content (AvgIpc) is 2.37. The predicted molar refractivity (Wildman–Crippen MR) is 78.2 cm³/mol. The molecule has 1 atom stereocenters. The maximum absolute atomic E-state index is 11.5. The molecule has 1 aromatic rings. The minimum atomic E-state index is -0.458. The maximum atomic E-state index is 11.5. The molecule has 0 fully saturated rings. The van der Waals surface area contributed by atoms with Crippen LogP contribution in [0.3, 0.4) is 0 Å². The van der Waals surface area contributed by atoms with Gasteiger partial charge in [-0.25, -0.2) is 0 Å². The maximum Gasteiger partial charge on any atom is 0.223 e. The van der Waals surface area contributed by atoms with E-state index < -0.39 is 6.10 Å². The number of aliphatic hydroxyl groups excluding tert-OH is 1. The van der Waals surface area contributed by atoms with Crippen molar-refractivity contribution in [3.8, 4) is 5.75 Å². The van der Waals surface area contributed by atoms with Gasteiger partial charge < -0.3 is 15.2 Å². The van der Waals surface area contributed by atoms with Crippen molar-refractivity contribution < 1.29 is 14.6 Å². The van der Waals surface area contributed by atoms with Gasteiger partial charge in [-0.1, -0.05) is 35.3 Å². The number of carbonyl (C=O) groups excluding carboxylic acids is 1. The first-order valence-corrected chi connectivity index (χ1v) is 7.24. The minimum absolute atomic E-state index is 0.106. The van der Waals surface area contributed by atoms with E-state index in [1.54, 1.807) is 0 Å². The molecule has 1 rings (SSSR count). The molecule has 4 nitrogen and oxygen atoms in total. The number of carbonyl (C=O) groups is 1. The Morgan fingerprint density at radius 3 is 3.00 bits per heavy atom. The topological polar surface area (TPSA) is 58.6 Å². The van der Waals surface area contributed by atoms with E-state index in [4.69, 9.17) is 4.74 Å². The smallest absolute Gasteiger partial charge is 0.223 e. The van der Waals surface area contributed by atoms with Gasteiger partial charge in [0.25, 0.3) is 0 Å². The number of benzene rings is 1. The number of hydrogen-bond acceptors (Lipinski definition) is 3. The summed E-state index contributed by atoms with van der Waals surface area (Å²) in [6.07, 6.45) is 1.43. The molecule has 0 saturated carbocycles. The summed E-state index contributed by atoms with van der Waals surface area (Å²) in [7, 11) is 0. The van der Waals surface area contributed by atoms with Crippen molar-refractivity contribution >= 4 is 21.8 Å². The molecule has 0 aromatic heterocycles. The van der Waals surface area contributed by atoms with Crippen molar-refractivity contribution in [2.45, 2.75) is 32.3 Å². The van der Waals surface area contributed by atoms with Crippen molar-refractivity contribution in [2.24, 2.45) is 0 Å². The first kappa shape index (κ1) is 16.0. The second-order valence-electron chi connectivity index (χ2n) is 4.30. The monoisotopic (exact) mass is 329 g/mol. The Balaban J connectivity index is 2.17.